The zero-order valence-corrected chi connectivity index (χ0v) is 14.6. The van der Waals surface area contributed by atoms with Crippen molar-refractivity contribution in [3.05, 3.63) is 56.5 Å². The van der Waals surface area contributed by atoms with Gasteiger partial charge in [0.05, 0.1) is 5.69 Å². The van der Waals surface area contributed by atoms with Crippen molar-refractivity contribution in [2.75, 3.05) is 4.72 Å². The minimum absolute atomic E-state index is 0.180. The number of hydrogen-bond acceptors (Lipinski definition) is 2. The summed E-state index contributed by atoms with van der Waals surface area (Å²) in [6.07, 6.45) is 0. The van der Waals surface area contributed by atoms with Crippen molar-refractivity contribution in [2.24, 2.45) is 0 Å². The third-order valence-electron chi connectivity index (χ3n) is 2.68. The van der Waals surface area contributed by atoms with E-state index in [0.29, 0.717) is 21.8 Å². The summed E-state index contributed by atoms with van der Waals surface area (Å²) in [4.78, 5) is -0.636. The van der Waals surface area contributed by atoms with Crippen LogP contribution in [-0.4, -0.2) is 8.42 Å². The summed E-state index contributed by atoms with van der Waals surface area (Å²) in [5.74, 6) is -2.03. The fraction of sp³-hybridized carbons (Fsp3) is 0.0769. The Morgan fingerprint density at radius 1 is 1.10 bits per heavy atom. The van der Waals surface area contributed by atoms with Crippen LogP contribution in [0.1, 0.15) is 5.56 Å². The van der Waals surface area contributed by atoms with Gasteiger partial charge in [0.1, 0.15) is 16.5 Å². The van der Waals surface area contributed by atoms with Crippen LogP contribution in [0.4, 0.5) is 14.5 Å². The van der Waals surface area contributed by atoms with Gasteiger partial charge in [-0.15, -0.1) is 0 Å². The van der Waals surface area contributed by atoms with Crippen LogP contribution in [0.3, 0.4) is 0 Å². The molecule has 21 heavy (non-hydrogen) atoms. The molecule has 0 saturated carbocycles. The Balaban J connectivity index is 2.51. The van der Waals surface area contributed by atoms with E-state index in [0.717, 1.165) is 6.07 Å². The second kappa shape index (κ2) is 6.02. The monoisotopic (exact) mass is 439 g/mol. The lowest BCUT2D eigenvalue weighted by Crippen LogP contribution is -2.16. The van der Waals surface area contributed by atoms with Gasteiger partial charge in [-0.1, -0.05) is 22.0 Å². The smallest absolute Gasteiger partial charge is 0.265 e. The molecule has 3 nitrogen and oxygen atoms in total. The Morgan fingerprint density at radius 2 is 1.76 bits per heavy atom. The zero-order valence-electron chi connectivity index (χ0n) is 10.6. The molecular formula is C13H9Br2F2NO2S. The van der Waals surface area contributed by atoms with E-state index in [2.05, 4.69) is 36.6 Å². The molecule has 0 heterocycles. The molecule has 0 aliphatic rings. The Hall–Kier alpha value is -0.990. The molecule has 2 aromatic rings. The topological polar surface area (TPSA) is 46.2 Å². The number of benzene rings is 2. The van der Waals surface area contributed by atoms with Gasteiger partial charge in [0.25, 0.3) is 10.0 Å². The van der Waals surface area contributed by atoms with Gasteiger partial charge in [-0.05, 0) is 46.6 Å². The van der Waals surface area contributed by atoms with Crippen LogP contribution < -0.4 is 4.72 Å². The normalized spacial score (nSPS) is 11.5. The molecule has 2 aromatic carbocycles. The predicted molar refractivity (Wildman–Crippen MR) is 83.7 cm³/mol. The maximum absolute atomic E-state index is 13.8. The lowest BCUT2D eigenvalue weighted by atomic mass is 10.2. The molecule has 0 spiro atoms. The minimum atomic E-state index is -4.19. The molecule has 0 unspecified atom stereocenters. The highest BCUT2D eigenvalue weighted by Crippen LogP contribution is 2.29. The molecule has 0 bridgehead atoms. The maximum Gasteiger partial charge on any atom is 0.265 e. The number of anilines is 1. The molecule has 112 valence electrons. The average molecular weight is 441 g/mol. The first-order valence-electron chi connectivity index (χ1n) is 5.64. The van der Waals surface area contributed by atoms with Gasteiger partial charge in [-0.25, -0.2) is 17.2 Å². The minimum Gasteiger partial charge on any atom is -0.279 e. The van der Waals surface area contributed by atoms with Crippen LogP contribution in [0.15, 0.2) is 44.2 Å². The molecule has 0 atom stereocenters. The Labute approximate surface area is 137 Å². The van der Waals surface area contributed by atoms with Gasteiger partial charge in [-0.2, -0.15) is 0 Å². The Bertz CT molecular complexity index is 787. The van der Waals surface area contributed by atoms with Gasteiger partial charge in [0.15, 0.2) is 0 Å². The number of halogens is 4. The summed E-state index contributed by atoms with van der Waals surface area (Å²) in [5.41, 5.74) is 0.973. The first-order valence-corrected chi connectivity index (χ1v) is 8.71. The van der Waals surface area contributed by atoms with E-state index in [9.17, 15) is 17.2 Å². The number of hydrogen-bond donors (Lipinski definition) is 1. The highest BCUT2D eigenvalue weighted by molar-refractivity contribution is 9.10. The van der Waals surface area contributed by atoms with Crippen LogP contribution in [0.5, 0.6) is 0 Å². The van der Waals surface area contributed by atoms with Crippen LogP contribution >= 0.6 is 31.9 Å². The van der Waals surface area contributed by atoms with E-state index in [1.54, 1.807) is 25.1 Å². The SMILES string of the molecule is Cc1ccc(Br)cc1NS(=O)(=O)c1c(F)cc(F)cc1Br. The number of rotatable bonds is 3. The second-order valence-electron chi connectivity index (χ2n) is 4.26. The average Bonchev–Trinajstić information content (AvgIpc) is 2.31. The quantitative estimate of drug-likeness (QED) is 0.758. The molecule has 0 aliphatic heterocycles. The van der Waals surface area contributed by atoms with Crippen molar-refractivity contribution in [3.63, 3.8) is 0 Å². The molecule has 1 N–H and O–H groups in total. The largest absolute Gasteiger partial charge is 0.279 e. The summed E-state index contributed by atoms with van der Waals surface area (Å²) < 4.78 is 54.2. The lowest BCUT2D eigenvalue weighted by Gasteiger charge is -2.13. The number of sulfonamides is 1. The third kappa shape index (κ3) is 3.61. The summed E-state index contributed by atoms with van der Waals surface area (Å²) in [6.45, 7) is 1.71. The number of aryl methyl sites for hydroxylation is 1. The fourth-order valence-electron chi connectivity index (χ4n) is 1.69. The zero-order chi connectivity index (χ0) is 15.8. The molecule has 0 aliphatic carbocycles. The number of nitrogens with one attached hydrogen (secondary N) is 1. The van der Waals surface area contributed by atoms with E-state index in [1.807, 2.05) is 0 Å². The molecular weight excluding hydrogens is 432 g/mol. The van der Waals surface area contributed by atoms with Crippen molar-refractivity contribution < 1.29 is 17.2 Å². The summed E-state index contributed by atoms with van der Waals surface area (Å²) in [5, 5.41) is 0. The van der Waals surface area contributed by atoms with Crippen molar-refractivity contribution in [2.45, 2.75) is 11.8 Å². The van der Waals surface area contributed by atoms with E-state index < -0.39 is 26.6 Å². The van der Waals surface area contributed by atoms with E-state index in [-0.39, 0.29) is 4.47 Å². The van der Waals surface area contributed by atoms with Crippen LogP contribution in [-0.2, 0) is 10.0 Å². The molecule has 0 fully saturated rings. The van der Waals surface area contributed by atoms with Crippen molar-refractivity contribution >= 4 is 47.6 Å². The van der Waals surface area contributed by atoms with Gasteiger partial charge >= 0.3 is 0 Å². The molecule has 0 amide bonds. The highest BCUT2D eigenvalue weighted by atomic mass is 79.9. The van der Waals surface area contributed by atoms with Crippen molar-refractivity contribution in [1.82, 2.24) is 0 Å². The Morgan fingerprint density at radius 3 is 2.38 bits per heavy atom. The van der Waals surface area contributed by atoms with E-state index in [4.69, 9.17) is 0 Å². The molecule has 0 saturated heterocycles. The van der Waals surface area contributed by atoms with Gasteiger partial charge in [0, 0.05) is 15.0 Å². The summed E-state index contributed by atoms with van der Waals surface area (Å²) in [7, 11) is -4.19. The van der Waals surface area contributed by atoms with Gasteiger partial charge in [0.2, 0.25) is 0 Å². The van der Waals surface area contributed by atoms with E-state index in [1.165, 1.54) is 0 Å². The summed E-state index contributed by atoms with van der Waals surface area (Å²) >= 11 is 6.10. The maximum atomic E-state index is 13.8. The lowest BCUT2D eigenvalue weighted by molar-refractivity contribution is 0.548. The van der Waals surface area contributed by atoms with Gasteiger partial charge in [-0.3, -0.25) is 4.72 Å². The first-order chi connectivity index (χ1) is 9.70. The van der Waals surface area contributed by atoms with Gasteiger partial charge < -0.3 is 0 Å². The fourth-order valence-corrected chi connectivity index (χ4v) is 4.34. The predicted octanol–water partition coefficient (Wildman–Crippen LogP) is 4.60. The van der Waals surface area contributed by atoms with Crippen LogP contribution in [0, 0.1) is 18.6 Å². The van der Waals surface area contributed by atoms with Crippen LogP contribution in [0.2, 0.25) is 0 Å². The highest BCUT2D eigenvalue weighted by Gasteiger charge is 2.24. The standard InChI is InChI=1S/C13H9Br2F2NO2S/c1-7-2-3-8(14)4-12(7)18-21(19,20)13-10(15)5-9(16)6-11(13)17/h2-6,18H,1H3. The van der Waals surface area contributed by atoms with Crippen LogP contribution in [0.25, 0.3) is 0 Å². The summed E-state index contributed by atoms with van der Waals surface area (Å²) in [6, 6.07) is 6.43. The van der Waals surface area contributed by atoms with Crippen molar-refractivity contribution in [3.8, 4) is 0 Å². The first kappa shape index (κ1) is 16.4. The third-order valence-corrected chi connectivity index (χ3v) is 5.50. The molecule has 2 rings (SSSR count). The van der Waals surface area contributed by atoms with Crippen molar-refractivity contribution in [1.29, 1.82) is 0 Å². The molecule has 0 radical (unpaired) electrons. The molecule has 0 aromatic heterocycles. The molecule has 8 heteroatoms. The second-order valence-corrected chi connectivity index (χ2v) is 7.65. The Kier molecular flexibility index (Phi) is 4.69. The van der Waals surface area contributed by atoms with E-state index >= 15 is 0 Å².